The van der Waals surface area contributed by atoms with E-state index in [2.05, 4.69) is 26.1 Å². The number of H-pyrrole nitrogens is 1. The van der Waals surface area contributed by atoms with Crippen molar-refractivity contribution in [3.63, 3.8) is 0 Å². The predicted octanol–water partition coefficient (Wildman–Crippen LogP) is 4.20. The summed E-state index contributed by atoms with van der Waals surface area (Å²) in [6.07, 6.45) is 7.42. The number of hydrogen-bond acceptors (Lipinski definition) is 6. The van der Waals surface area contributed by atoms with Crippen LogP contribution in [0.15, 0.2) is 65.5 Å². The van der Waals surface area contributed by atoms with Crippen molar-refractivity contribution in [3.05, 3.63) is 109 Å². The molecule has 1 heterocycles. The summed E-state index contributed by atoms with van der Waals surface area (Å²) < 4.78 is 0. The Bertz CT molecular complexity index is 1650. The fraction of sp³-hybridized carbons (Fsp3) is 0.207. The number of nitro groups is 1. The van der Waals surface area contributed by atoms with E-state index in [4.69, 9.17) is 6.42 Å². The summed E-state index contributed by atoms with van der Waals surface area (Å²) in [6, 6.07) is 17.2. The summed E-state index contributed by atoms with van der Waals surface area (Å²) in [4.78, 5) is 45.1. The van der Waals surface area contributed by atoms with Gasteiger partial charge in [-0.2, -0.15) is 0 Å². The lowest BCUT2D eigenvalue weighted by molar-refractivity contribution is -0.384. The molecule has 1 atom stereocenters. The molecule has 5 rings (SSSR count). The van der Waals surface area contributed by atoms with Gasteiger partial charge in [0.25, 0.3) is 17.2 Å². The molecule has 1 aliphatic carbocycles. The standard InChI is InChI=1S/C29H25N5O4/c1-3-13-33(27-12-9-21-15-26-25(16-24(21)27)29(36)32-18(2)31-26)22-10-7-20(8-11-22)28(35)30-17-19-5-4-6-23(14-19)34(37)38/h1,4-8,10-11,14-16,27H,9,12-13,17H2,2H3,(H,30,35)(H,31,32,36)/t27-/m0/s1. The first kappa shape index (κ1) is 24.7. The first-order valence-electron chi connectivity index (χ1n) is 12.2. The van der Waals surface area contributed by atoms with E-state index >= 15 is 0 Å². The van der Waals surface area contributed by atoms with Crippen LogP contribution < -0.4 is 15.8 Å². The second-order valence-corrected chi connectivity index (χ2v) is 9.26. The Kier molecular flexibility index (Phi) is 6.62. The van der Waals surface area contributed by atoms with Gasteiger partial charge in [-0.05, 0) is 72.9 Å². The maximum absolute atomic E-state index is 12.7. The van der Waals surface area contributed by atoms with Gasteiger partial charge in [-0.1, -0.05) is 18.1 Å². The van der Waals surface area contributed by atoms with Gasteiger partial charge in [0, 0.05) is 29.9 Å². The molecular weight excluding hydrogens is 482 g/mol. The number of nitrogens with one attached hydrogen (secondary N) is 2. The normalized spacial score (nSPS) is 14.1. The van der Waals surface area contributed by atoms with E-state index in [9.17, 15) is 19.7 Å². The number of aryl methyl sites for hydroxylation is 2. The molecule has 0 saturated carbocycles. The van der Waals surface area contributed by atoms with Crippen molar-refractivity contribution >= 4 is 28.2 Å². The summed E-state index contributed by atoms with van der Waals surface area (Å²) in [6.45, 7) is 2.30. The molecule has 1 amide bonds. The maximum Gasteiger partial charge on any atom is 0.269 e. The Morgan fingerprint density at radius 2 is 2.03 bits per heavy atom. The highest BCUT2D eigenvalue weighted by molar-refractivity contribution is 5.94. The summed E-state index contributed by atoms with van der Waals surface area (Å²) in [5.74, 6) is 3.03. The van der Waals surface area contributed by atoms with Gasteiger partial charge in [0.2, 0.25) is 0 Å². The SMILES string of the molecule is C#CCN(c1ccc(C(=O)NCc2cccc([N+](=O)[O-])c2)cc1)[C@H]1CCc2cc3nc(C)[nH]c(=O)c3cc21. The number of nitro benzene ring substituents is 1. The molecular formula is C29H25N5O4. The Morgan fingerprint density at radius 1 is 1.24 bits per heavy atom. The third kappa shape index (κ3) is 4.84. The zero-order valence-corrected chi connectivity index (χ0v) is 20.7. The lowest BCUT2D eigenvalue weighted by Crippen LogP contribution is -2.28. The molecule has 38 heavy (non-hydrogen) atoms. The van der Waals surface area contributed by atoms with E-state index in [0.29, 0.717) is 34.4 Å². The first-order chi connectivity index (χ1) is 18.3. The van der Waals surface area contributed by atoms with Crippen molar-refractivity contribution in [2.75, 3.05) is 11.4 Å². The van der Waals surface area contributed by atoms with Crippen LogP contribution in [0.2, 0.25) is 0 Å². The van der Waals surface area contributed by atoms with Crippen LogP contribution >= 0.6 is 0 Å². The Labute approximate surface area is 218 Å². The van der Waals surface area contributed by atoms with Gasteiger partial charge in [-0.25, -0.2) is 4.98 Å². The van der Waals surface area contributed by atoms with Crippen LogP contribution in [0.3, 0.4) is 0 Å². The topological polar surface area (TPSA) is 121 Å². The fourth-order valence-corrected chi connectivity index (χ4v) is 5.01. The molecule has 3 aromatic carbocycles. The fourth-order valence-electron chi connectivity index (χ4n) is 5.01. The summed E-state index contributed by atoms with van der Waals surface area (Å²) in [5.41, 5.74) is 4.69. The number of hydrogen-bond donors (Lipinski definition) is 2. The maximum atomic E-state index is 12.7. The number of rotatable bonds is 7. The highest BCUT2D eigenvalue weighted by Gasteiger charge is 2.29. The van der Waals surface area contributed by atoms with Crippen LogP contribution in [0.1, 0.15) is 45.3 Å². The van der Waals surface area contributed by atoms with Crippen molar-refractivity contribution in [2.45, 2.75) is 32.4 Å². The van der Waals surface area contributed by atoms with Gasteiger partial charge in [0.1, 0.15) is 5.82 Å². The van der Waals surface area contributed by atoms with Crippen molar-refractivity contribution in [1.29, 1.82) is 0 Å². The zero-order chi connectivity index (χ0) is 26.8. The molecule has 0 saturated heterocycles. The number of carbonyl (C=O) groups is 1. The third-order valence-electron chi connectivity index (χ3n) is 6.80. The number of aromatic amines is 1. The van der Waals surface area contributed by atoms with Crippen molar-refractivity contribution in [2.24, 2.45) is 0 Å². The number of aromatic nitrogens is 2. The average Bonchev–Trinajstić information content (AvgIpc) is 3.32. The molecule has 0 radical (unpaired) electrons. The molecule has 1 aromatic heterocycles. The molecule has 2 N–H and O–H groups in total. The number of fused-ring (bicyclic) bond motifs is 2. The van der Waals surface area contributed by atoms with Gasteiger partial charge < -0.3 is 15.2 Å². The molecule has 9 nitrogen and oxygen atoms in total. The highest BCUT2D eigenvalue weighted by Crippen LogP contribution is 2.39. The van der Waals surface area contributed by atoms with E-state index in [0.717, 1.165) is 29.7 Å². The minimum absolute atomic E-state index is 0.0142. The van der Waals surface area contributed by atoms with Crippen molar-refractivity contribution < 1.29 is 9.72 Å². The third-order valence-corrected chi connectivity index (χ3v) is 6.80. The molecule has 190 valence electrons. The van der Waals surface area contributed by atoms with E-state index in [1.165, 1.54) is 12.1 Å². The van der Waals surface area contributed by atoms with Crippen molar-refractivity contribution in [1.82, 2.24) is 15.3 Å². The Morgan fingerprint density at radius 3 is 2.76 bits per heavy atom. The summed E-state index contributed by atoms with van der Waals surface area (Å²) >= 11 is 0. The molecule has 1 aliphatic rings. The van der Waals surface area contributed by atoms with Gasteiger partial charge in [-0.3, -0.25) is 19.7 Å². The van der Waals surface area contributed by atoms with E-state index in [1.54, 1.807) is 31.2 Å². The Balaban J connectivity index is 1.35. The second-order valence-electron chi connectivity index (χ2n) is 9.26. The molecule has 4 aromatic rings. The number of carbonyl (C=O) groups excluding carboxylic acids is 1. The van der Waals surface area contributed by atoms with Gasteiger partial charge in [0.05, 0.1) is 28.4 Å². The molecule has 0 bridgehead atoms. The second kappa shape index (κ2) is 10.2. The quantitative estimate of drug-likeness (QED) is 0.220. The lowest BCUT2D eigenvalue weighted by atomic mass is 10.0. The van der Waals surface area contributed by atoms with E-state index < -0.39 is 4.92 Å². The predicted molar refractivity (Wildman–Crippen MR) is 145 cm³/mol. The first-order valence-corrected chi connectivity index (χ1v) is 12.2. The molecule has 0 unspecified atom stereocenters. The number of terminal acetylenes is 1. The average molecular weight is 508 g/mol. The lowest BCUT2D eigenvalue weighted by Gasteiger charge is -2.30. The van der Waals surface area contributed by atoms with Gasteiger partial charge in [0.15, 0.2) is 0 Å². The van der Waals surface area contributed by atoms with E-state index in [1.807, 2.05) is 24.3 Å². The van der Waals surface area contributed by atoms with E-state index in [-0.39, 0.29) is 29.7 Å². The highest BCUT2D eigenvalue weighted by atomic mass is 16.6. The number of non-ortho nitro benzene ring substituents is 1. The van der Waals surface area contributed by atoms with Crippen LogP contribution in [0, 0.1) is 29.4 Å². The molecule has 0 spiro atoms. The summed E-state index contributed by atoms with van der Waals surface area (Å²) in [5, 5.41) is 14.3. The minimum atomic E-state index is -0.465. The van der Waals surface area contributed by atoms with Crippen LogP contribution in [0.25, 0.3) is 10.9 Å². The number of nitrogens with zero attached hydrogens (tertiary/aromatic N) is 3. The van der Waals surface area contributed by atoms with Crippen molar-refractivity contribution in [3.8, 4) is 12.3 Å². The van der Waals surface area contributed by atoms with Crippen LogP contribution in [-0.2, 0) is 13.0 Å². The molecule has 0 fully saturated rings. The van der Waals surface area contributed by atoms with Crippen LogP contribution in [0.5, 0.6) is 0 Å². The van der Waals surface area contributed by atoms with Crippen LogP contribution in [-0.4, -0.2) is 27.3 Å². The largest absolute Gasteiger partial charge is 0.353 e. The monoisotopic (exact) mass is 507 g/mol. The Hall–Kier alpha value is -4.97. The number of amides is 1. The zero-order valence-electron chi connectivity index (χ0n) is 20.7. The van der Waals surface area contributed by atoms with Crippen LogP contribution in [0.4, 0.5) is 11.4 Å². The number of benzene rings is 3. The molecule has 9 heteroatoms. The minimum Gasteiger partial charge on any atom is -0.353 e. The smallest absolute Gasteiger partial charge is 0.269 e. The number of anilines is 1. The summed E-state index contributed by atoms with van der Waals surface area (Å²) in [7, 11) is 0. The van der Waals surface area contributed by atoms with Gasteiger partial charge >= 0.3 is 0 Å². The van der Waals surface area contributed by atoms with Gasteiger partial charge in [-0.15, -0.1) is 6.42 Å². The molecule has 0 aliphatic heterocycles.